The first-order chi connectivity index (χ1) is 16.0. The molecule has 1 aliphatic rings. The zero-order valence-corrected chi connectivity index (χ0v) is 19.4. The van der Waals surface area contributed by atoms with Crippen molar-refractivity contribution in [2.45, 2.75) is 19.9 Å². The molecule has 7 heteroatoms. The molecule has 2 aromatic heterocycles. The molecule has 0 spiro atoms. The second-order valence-electron chi connectivity index (χ2n) is 8.53. The molecule has 5 rings (SSSR count). The Labute approximate surface area is 194 Å². The molecule has 0 amide bonds. The molecule has 1 atom stereocenters. The molecule has 0 fully saturated rings. The lowest BCUT2D eigenvalue weighted by atomic mass is 10.0. The summed E-state index contributed by atoms with van der Waals surface area (Å²) in [5.41, 5.74) is 6.46. The Morgan fingerprint density at radius 1 is 1.00 bits per heavy atom. The van der Waals surface area contributed by atoms with Crippen LogP contribution >= 0.6 is 0 Å². The number of benzene rings is 2. The molecule has 3 heterocycles. The van der Waals surface area contributed by atoms with Gasteiger partial charge in [0.2, 0.25) is 0 Å². The molecule has 33 heavy (non-hydrogen) atoms. The minimum Gasteiger partial charge on any atom is -0.490 e. The van der Waals surface area contributed by atoms with Crippen molar-refractivity contribution in [2.24, 2.45) is 7.05 Å². The normalized spacial score (nSPS) is 13.9. The highest BCUT2D eigenvalue weighted by atomic mass is 16.5. The lowest BCUT2D eigenvalue weighted by Gasteiger charge is -2.28. The predicted molar refractivity (Wildman–Crippen MR) is 132 cm³/mol. The lowest BCUT2D eigenvalue weighted by molar-refractivity contribution is 0.311. The molecular formula is C26H28N6O. The minimum atomic E-state index is 0.0758. The maximum Gasteiger partial charge on any atom is 0.142 e. The van der Waals surface area contributed by atoms with Crippen molar-refractivity contribution in [2.75, 3.05) is 30.4 Å². The Morgan fingerprint density at radius 2 is 1.88 bits per heavy atom. The number of nitrogens with zero attached hydrogens (tertiary/aromatic N) is 5. The topological polar surface area (TPSA) is 68.1 Å². The molecule has 4 aromatic rings. The van der Waals surface area contributed by atoms with E-state index in [-0.39, 0.29) is 6.04 Å². The fourth-order valence-electron chi connectivity index (χ4n) is 4.16. The molecule has 168 valence electrons. The number of hydrogen-bond donors (Lipinski definition) is 1. The van der Waals surface area contributed by atoms with Gasteiger partial charge in [0.25, 0.3) is 0 Å². The highest BCUT2D eigenvalue weighted by molar-refractivity contribution is 5.72. The molecule has 1 unspecified atom stereocenters. The second kappa shape index (κ2) is 8.58. The maximum atomic E-state index is 5.78. The SMILES string of the molecule is Cc1nc(NC(C)c2cccc(-c3cnn(C)c3)c2)cc(-c2ccc3c(c2)N(C)CCO3)n1. The van der Waals surface area contributed by atoms with Gasteiger partial charge in [-0.25, -0.2) is 9.97 Å². The highest BCUT2D eigenvalue weighted by Gasteiger charge is 2.17. The van der Waals surface area contributed by atoms with Crippen LogP contribution in [-0.2, 0) is 7.05 Å². The van der Waals surface area contributed by atoms with Crippen molar-refractivity contribution in [3.63, 3.8) is 0 Å². The third-order valence-electron chi connectivity index (χ3n) is 5.98. The summed E-state index contributed by atoms with van der Waals surface area (Å²) in [5, 5.41) is 7.85. The monoisotopic (exact) mass is 440 g/mol. The first kappa shape index (κ1) is 21.0. The van der Waals surface area contributed by atoms with Crippen LogP contribution < -0.4 is 15.0 Å². The molecule has 2 aromatic carbocycles. The number of likely N-dealkylation sites (N-methyl/N-ethyl adjacent to an activating group) is 1. The predicted octanol–water partition coefficient (Wildman–Crippen LogP) is 4.85. The van der Waals surface area contributed by atoms with Crippen molar-refractivity contribution < 1.29 is 4.74 Å². The Kier molecular flexibility index (Phi) is 5.46. The van der Waals surface area contributed by atoms with E-state index in [1.807, 2.05) is 43.2 Å². The maximum absolute atomic E-state index is 5.78. The van der Waals surface area contributed by atoms with Crippen LogP contribution in [0.2, 0.25) is 0 Å². The molecular weight excluding hydrogens is 412 g/mol. The van der Waals surface area contributed by atoms with Crippen LogP contribution in [0.5, 0.6) is 5.75 Å². The number of fused-ring (bicyclic) bond motifs is 1. The molecule has 0 aliphatic carbocycles. The van der Waals surface area contributed by atoms with E-state index in [9.17, 15) is 0 Å². The first-order valence-electron chi connectivity index (χ1n) is 11.2. The van der Waals surface area contributed by atoms with Gasteiger partial charge in [-0.3, -0.25) is 4.68 Å². The number of nitrogens with one attached hydrogen (secondary N) is 1. The smallest absolute Gasteiger partial charge is 0.142 e. The summed E-state index contributed by atoms with van der Waals surface area (Å²) in [6, 6.07) is 16.8. The Morgan fingerprint density at radius 3 is 2.70 bits per heavy atom. The van der Waals surface area contributed by atoms with Gasteiger partial charge in [-0.05, 0) is 49.2 Å². The summed E-state index contributed by atoms with van der Waals surface area (Å²) < 4.78 is 7.60. The average molecular weight is 441 g/mol. The molecule has 0 saturated heterocycles. The summed E-state index contributed by atoms with van der Waals surface area (Å²) in [7, 11) is 4.02. The van der Waals surface area contributed by atoms with E-state index in [2.05, 4.69) is 70.7 Å². The van der Waals surface area contributed by atoms with Gasteiger partial charge in [-0.1, -0.05) is 18.2 Å². The first-order valence-corrected chi connectivity index (χ1v) is 11.2. The zero-order chi connectivity index (χ0) is 22.9. The van der Waals surface area contributed by atoms with Crippen molar-refractivity contribution >= 4 is 11.5 Å². The third-order valence-corrected chi connectivity index (χ3v) is 5.98. The van der Waals surface area contributed by atoms with Gasteiger partial charge in [0.15, 0.2) is 0 Å². The summed E-state index contributed by atoms with van der Waals surface area (Å²) in [6.07, 6.45) is 3.91. The molecule has 1 N–H and O–H groups in total. The summed E-state index contributed by atoms with van der Waals surface area (Å²) >= 11 is 0. The highest BCUT2D eigenvalue weighted by Crippen LogP contribution is 2.35. The fourth-order valence-corrected chi connectivity index (χ4v) is 4.16. The van der Waals surface area contributed by atoms with Gasteiger partial charge < -0.3 is 15.0 Å². The third kappa shape index (κ3) is 4.39. The van der Waals surface area contributed by atoms with Gasteiger partial charge in [-0.15, -0.1) is 0 Å². The van der Waals surface area contributed by atoms with Crippen LogP contribution in [0.3, 0.4) is 0 Å². The Hall–Kier alpha value is -3.87. The van der Waals surface area contributed by atoms with Crippen LogP contribution in [0.15, 0.2) is 60.9 Å². The number of aryl methyl sites for hydroxylation is 2. The van der Waals surface area contributed by atoms with Crippen LogP contribution in [0.4, 0.5) is 11.5 Å². The Balaban J connectivity index is 1.41. The molecule has 7 nitrogen and oxygen atoms in total. The van der Waals surface area contributed by atoms with Crippen LogP contribution in [-0.4, -0.2) is 39.9 Å². The van der Waals surface area contributed by atoms with Crippen molar-refractivity contribution in [3.8, 4) is 28.1 Å². The van der Waals surface area contributed by atoms with E-state index < -0.39 is 0 Å². The fraction of sp³-hybridized carbons (Fsp3) is 0.269. The van der Waals surface area contributed by atoms with E-state index in [0.29, 0.717) is 6.61 Å². The van der Waals surface area contributed by atoms with Crippen molar-refractivity contribution in [3.05, 3.63) is 72.3 Å². The number of ether oxygens (including phenoxy) is 1. The molecule has 0 saturated carbocycles. The number of anilines is 2. The summed E-state index contributed by atoms with van der Waals surface area (Å²) in [5.74, 6) is 2.45. The van der Waals surface area contributed by atoms with Crippen molar-refractivity contribution in [1.82, 2.24) is 19.7 Å². The van der Waals surface area contributed by atoms with E-state index in [4.69, 9.17) is 9.72 Å². The lowest BCUT2D eigenvalue weighted by Crippen LogP contribution is -2.28. The minimum absolute atomic E-state index is 0.0758. The van der Waals surface area contributed by atoms with E-state index in [0.717, 1.165) is 52.0 Å². The number of rotatable bonds is 5. The summed E-state index contributed by atoms with van der Waals surface area (Å²) in [4.78, 5) is 11.6. The van der Waals surface area contributed by atoms with Gasteiger partial charge in [0.1, 0.15) is 24.0 Å². The number of hydrogen-bond acceptors (Lipinski definition) is 6. The van der Waals surface area contributed by atoms with Gasteiger partial charge in [0, 0.05) is 43.5 Å². The van der Waals surface area contributed by atoms with Gasteiger partial charge in [-0.2, -0.15) is 5.10 Å². The van der Waals surface area contributed by atoms with Crippen molar-refractivity contribution in [1.29, 1.82) is 0 Å². The molecule has 0 radical (unpaired) electrons. The Bertz CT molecular complexity index is 1300. The standard InChI is InChI=1S/C26H28N6O/c1-17(19-6-5-7-20(12-19)22-15-27-32(4)16-22)28-26-14-23(29-18(2)30-26)21-8-9-25-24(13-21)31(3)10-11-33-25/h5-9,12-17H,10-11H2,1-4H3,(H,28,29,30). The van der Waals surface area contributed by atoms with Crippen LogP contribution in [0.25, 0.3) is 22.4 Å². The number of aromatic nitrogens is 4. The average Bonchev–Trinajstić information content (AvgIpc) is 3.25. The molecule has 1 aliphatic heterocycles. The molecule has 0 bridgehead atoms. The zero-order valence-electron chi connectivity index (χ0n) is 19.4. The second-order valence-corrected chi connectivity index (χ2v) is 8.53. The van der Waals surface area contributed by atoms with E-state index in [1.54, 1.807) is 0 Å². The van der Waals surface area contributed by atoms with Gasteiger partial charge >= 0.3 is 0 Å². The summed E-state index contributed by atoms with van der Waals surface area (Å²) in [6.45, 7) is 5.66. The van der Waals surface area contributed by atoms with E-state index >= 15 is 0 Å². The van der Waals surface area contributed by atoms with E-state index in [1.165, 1.54) is 5.56 Å². The quantitative estimate of drug-likeness (QED) is 0.478. The largest absolute Gasteiger partial charge is 0.490 e. The van der Waals surface area contributed by atoms with Crippen LogP contribution in [0.1, 0.15) is 24.4 Å². The van der Waals surface area contributed by atoms with Crippen LogP contribution in [0, 0.1) is 6.92 Å². The van der Waals surface area contributed by atoms with Gasteiger partial charge in [0.05, 0.1) is 24.1 Å².